The zero-order valence-corrected chi connectivity index (χ0v) is 8.61. The third-order valence-corrected chi connectivity index (χ3v) is 1.74. The molecule has 0 aromatic heterocycles. The molecule has 0 saturated heterocycles. The lowest BCUT2D eigenvalue weighted by Crippen LogP contribution is -2.52. The largest absolute Gasteiger partial charge is 0.471 e. The molecule has 0 fully saturated rings. The van der Waals surface area contributed by atoms with Gasteiger partial charge in [-0.15, -0.1) is 0 Å². The maximum atomic E-state index is 11.9. The molecule has 7 heteroatoms. The minimum Gasteiger partial charge on any atom is -0.357 e. The van der Waals surface area contributed by atoms with Crippen LogP contribution in [0.25, 0.3) is 0 Å². The van der Waals surface area contributed by atoms with Crippen molar-refractivity contribution in [3.05, 3.63) is 0 Å². The van der Waals surface area contributed by atoms with Crippen LogP contribution in [0, 0.1) is 5.92 Å². The first-order valence-corrected chi connectivity index (χ1v) is 4.29. The number of hydrogen-bond donors (Lipinski definition) is 2. The lowest BCUT2D eigenvalue weighted by molar-refractivity contribution is -0.175. The van der Waals surface area contributed by atoms with E-state index in [1.807, 2.05) is 0 Å². The highest BCUT2D eigenvalue weighted by atomic mass is 19.4. The third kappa shape index (κ3) is 4.18. The second-order valence-electron chi connectivity index (χ2n) is 3.31. The molecule has 0 heterocycles. The van der Waals surface area contributed by atoms with Gasteiger partial charge < -0.3 is 10.6 Å². The van der Waals surface area contributed by atoms with Gasteiger partial charge in [-0.1, -0.05) is 13.8 Å². The average Bonchev–Trinajstić information content (AvgIpc) is 2.10. The van der Waals surface area contributed by atoms with Crippen molar-refractivity contribution in [3.63, 3.8) is 0 Å². The van der Waals surface area contributed by atoms with E-state index in [-0.39, 0.29) is 0 Å². The SMILES string of the molecule is CNC(=O)C(NC(=O)C(F)(F)F)C(C)C. The summed E-state index contributed by atoms with van der Waals surface area (Å²) in [5.74, 6) is -3.18. The van der Waals surface area contributed by atoms with Gasteiger partial charge >= 0.3 is 12.1 Å². The fourth-order valence-electron chi connectivity index (χ4n) is 0.914. The Kier molecular flexibility index (Phi) is 4.57. The molecule has 0 aliphatic rings. The van der Waals surface area contributed by atoms with Crippen LogP contribution >= 0.6 is 0 Å². The first-order chi connectivity index (χ1) is 6.70. The van der Waals surface area contributed by atoms with Crippen molar-refractivity contribution < 1.29 is 22.8 Å². The highest BCUT2D eigenvalue weighted by Crippen LogP contribution is 2.15. The molecule has 0 bridgehead atoms. The summed E-state index contributed by atoms with van der Waals surface area (Å²) in [7, 11) is 1.29. The zero-order chi connectivity index (χ0) is 12.2. The number of amides is 2. The van der Waals surface area contributed by atoms with Gasteiger partial charge in [-0.05, 0) is 5.92 Å². The Balaban J connectivity index is 4.57. The Morgan fingerprint density at radius 1 is 1.20 bits per heavy atom. The van der Waals surface area contributed by atoms with Crippen molar-refractivity contribution >= 4 is 11.8 Å². The van der Waals surface area contributed by atoms with Crippen LogP contribution in [0.2, 0.25) is 0 Å². The van der Waals surface area contributed by atoms with Crippen LogP contribution < -0.4 is 10.6 Å². The number of carbonyl (C=O) groups is 2. The maximum Gasteiger partial charge on any atom is 0.471 e. The van der Waals surface area contributed by atoms with Gasteiger partial charge in [0.25, 0.3) is 0 Å². The van der Waals surface area contributed by atoms with Crippen LogP contribution in [0.15, 0.2) is 0 Å². The third-order valence-electron chi connectivity index (χ3n) is 1.74. The number of rotatable bonds is 3. The second kappa shape index (κ2) is 4.99. The summed E-state index contributed by atoms with van der Waals surface area (Å²) >= 11 is 0. The van der Waals surface area contributed by atoms with E-state index in [2.05, 4.69) is 5.32 Å². The molecular weight excluding hydrogens is 213 g/mol. The molecule has 0 aliphatic heterocycles. The Hall–Kier alpha value is -1.27. The summed E-state index contributed by atoms with van der Waals surface area (Å²) in [6, 6.07) is -1.18. The van der Waals surface area contributed by atoms with Gasteiger partial charge in [0.05, 0.1) is 0 Å². The van der Waals surface area contributed by atoms with Crippen LogP contribution in [0.4, 0.5) is 13.2 Å². The lowest BCUT2D eigenvalue weighted by atomic mass is 10.0. The van der Waals surface area contributed by atoms with E-state index in [4.69, 9.17) is 0 Å². The molecule has 0 aromatic rings. The monoisotopic (exact) mass is 226 g/mol. The molecule has 0 aromatic carbocycles. The topological polar surface area (TPSA) is 58.2 Å². The Morgan fingerprint density at radius 2 is 1.67 bits per heavy atom. The van der Waals surface area contributed by atoms with E-state index in [1.165, 1.54) is 20.9 Å². The smallest absolute Gasteiger partial charge is 0.357 e. The van der Waals surface area contributed by atoms with Crippen molar-refractivity contribution in [2.75, 3.05) is 7.05 Å². The van der Waals surface area contributed by atoms with Crippen LogP contribution in [-0.4, -0.2) is 31.1 Å². The molecule has 4 nitrogen and oxygen atoms in total. The predicted octanol–water partition coefficient (Wildman–Crippen LogP) is 0.435. The molecule has 0 spiro atoms. The number of hydrogen-bond acceptors (Lipinski definition) is 2. The van der Waals surface area contributed by atoms with E-state index in [1.54, 1.807) is 5.32 Å². The van der Waals surface area contributed by atoms with Gasteiger partial charge in [0.2, 0.25) is 5.91 Å². The molecule has 0 rings (SSSR count). The van der Waals surface area contributed by atoms with E-state index >= 15 is 0 Å². The quantitative estimate of drug-likeness (QED) is 0.733. The zero-order valence-electron chi connectivity index (χ0n) is 8.61. The lowest BCUT2D eigenvalue weighted by Gasteiger charge is -2.21. The van der Waals surface area contributed by atoms with Crippen molar-refractivity contribution in [2.24, 2.45) is 5.92 Å². The minimum absolute atomic E-state index is 0.420. The van der Waals surface area contributed by atoms with Crippen molar-refractivity contribution in [3.8, 4) is 0 Å². The van der Waals surface area contributed by atoms with Gasteiger partial charge in [-0.3, -0.25) is 9.59 Å². The number of alkyl halides is 3. The number of carbonyl (C=O) groups excluding carboxylic acids is 2. The van der Waals surface area contributed by atoms with Crippen molar-refractivity contribution in [2.45, 2.75) is 26.1 Å². The van der Waals surface area contributed by atoms with Crippen LogP contribution in [0.3, 0.4) is 0 Å². The van der Waals surface area contributed by atoms with Crippen LogP contribution in [0.5, 0.6) is 0 Å². The van der Waals surface area contributed by atoms with Crippen LogP contribution in [0.1, 0.15) is 13.8 Å². The van der Waals surface area contributed by atoms with Gasteiger partial charge in [0.15, 0.2) is 0 Å². The first-order valence-electron chi connectivity index (χ1n) is 4.29. The summed E-state index contributed by atoms with van der Waals surface area (Å²) in [6.07, 6.45) is -4.97. The maximum absolute atomic E-state index is 11.9. The molecular formula is C8H13F3N2O2. The summed E-state index contributed by atoms with van der Waals surface area (Å²) in [4.78, 5) is 21.7. The Bertz CT molecular complexity index is 251. The molecule has 0 radical (unpaired) electrons. The molecule has 1 unspecified atom stereocenters. The van der Waals surface area contributed by atoms with Crippen molar-refractivity contribution in [1.29, 1.82) is 0 Å². The van der Waals surface area contributed by atoms with Crippen LogP contribution in [-0.2, 0) is 9.59 Å². The molecule has 0 aliphatic carbocycles. The second-order valence-corrected chi connectivity index (χ2v) is 3.31. The Labute approximate surface area is 85.2 Å². The van der Waals surface area contributed by atoms with E-state index < -0.39 is 30.0 Å². The van der Waals surface area contributed by atoms with Gasteiger partial charge in [-0.2, -0.15) is 13.2 Å². The fourth-order valence-corrected chi connectivity index (χ4v) is 0.914. The summed E-state index contributed by atoms with van der Waals surface area (Å²) in [5.41, 5.74) is 0. The molecule has 2 N–H and O–H groups in total. The van der Waals surface area contributed by atoms with Crippen molar-refractivity contribution in [1.82, 2.24) is 10.6 Å². The number of halogens is 3. The number of nitrogens with one attached hydrogen (secondary N) is 2. The van der Waals surface area contributed by atoms with E-state index in [9.17, 15) is 22.8 Å². The molecule has 2 amide bonds. The molecule has 1 atom stereocenters. The van der Waals surface area contributed by atoms with E-state index in [0.29, 0.717) is 0 Å². The molecule has 88 valence electrons. The minimum atomic E-state index is -4.97. The Morgan fingerprint density at radius 3 is 1.93 bits per heavy atom. The predicted molar refractivity (Wildman–Crippen MR) is 46.9 cm³/mol. The van der Waals surface area contributed by atoms with Gasteiger partial charge in [-0.25, -0.2) is 0 Å². The average molecular weight is 226 g/mol. The number of likely N-dealkylation sites (N-methyl/N-ethyl adjacent to an activating group) is 1. The highest BCUT2D eigenvalue weighted by molar-refractivity contribution is 5.89. The highest BCUT2D eigenvalue weighted by Gasteiger charge is 2.41. The fraction of sp³-hybridized carbons (Fsp3) is 0.750. The molecule has 15 heavy (non-hydrogen) atoms. The summed E-state index contributed by atoms with van der Waals surface area (Å²) in [5, 5.41) is 3.81. The summed E-state index contributed by atoms with van der Waals surface area (Å²) < 4.78 is 35.7. The molecule has 0 saturated carbocycles. The normalized spacial score (nSPS) is 13.5. The van der Waals surface area contributed by atoms with E-state index in [0.717, 1.165) is 0 Å². The van der Waals surface area contributed by atoms with Gasteiger partial charge in [0.1, 0.15) is 6.04 Å². The first kappa shape index (κ1) is 13.7. The standard InChI is InChI=1S/C8H13F3N2O2/c1-4(2)5(6(14)12-3)13-7(15)8(9,10)11/h4-5H,1-3H3,(H,12,14)(H,13,15). The summed E-state index contributed by atoms with van der Waals surface area (Å²) in [6.45, 7) is 3.08. The van der Waals surface area contributed by atoms with Gasteiger partial charge in [0, 0.05) is 7.05 Å².